The first kappa shape index (κ1) is 51.1. The van der Waals surface area contributed by atoms with Crippen molar-refractivity contribution in [2.24, 2.45) is 0 Å². The Morgan fingerprint density at radius 3 is 1.58 bits per heavy atom. The molecular formula is C55H64N14O4. The van der Waals surface area contributed by atoms with Gasteiger partial charge in [0.2, 0.25) is 0 Å². The number of nitrogens with zero attached hydrogens (tertiary/aromatic N) is 14. The molecule has 7 aromatic heterocycles. The van der Waals surface area contributed by atoms with Crippen LogP contribution in [0.4, 0.5) is 0 Å². The second-order valence-corrected chi connectivity index (χ2v) is 18.8. The predicted octanol–water partition coefficient (Wildman–Crippen LogP) is 12.3. The lowest BCUT2D eigenvalue weighted by atomic mass is 9.99. The Bertz CT molecular complexity index is 3440. The molecule has 0 N–H and O–H groups in total. The Hall–Kier alpha value is -8.28. The van der Waals surface area contributed by atoms with E-state index >= 15 is 0 Å². The molecule has 0 aliphatic heterocycles. The number of hydrogen-bond acceptors (Lipinski definition) is 14. The zero-order chi connectivity index (χ0) is 51.9. The zero-order valence-electron chi connectivity index (χ0n) is 43.9. The predicted molar refractivity (Wildman–Crippen MR) is 281 cm³/mol. The second kappa shape index (κ2) is 22.4. The van der Waals surface area contributed by atoms with Crippen LogP contribution < -0.4 is 4.74 Å². The highest BCUT2D eigenvalue weighted by atomic mass is 16.5. The third-order valence-corrected chi connectivity index (χ3v) is 12.4. The fourth-order valence-corrected chi connectivity index (χ4v) is 8.34. The molecule has 4 aromatic carbocycles. The largest absolute Gasteiger partial charge is 0.494 e. The average molecular weight is 985 g/mol. The Labute approximate surface area is 424 Å². The van der Waals surface area contributed by atoms with Gasteiger partial charge in [-0.05, 0) is 96.5 Å². The molecule has 73 heavy (non-hydrogen) atoms. The molecule has 0 unspecified atom stereocenters. The maximum atomic E-state index is 5.50. The molecule has 0 amide bonds. The first-order valence-electron chi connectivity index (χ1n) is 24.7. The molecule has 11 rings (SSSR count). The zero-order valence-corrected chi connectivity index (χ0v) is 43.9. The Morgan fingerprint density at radius 2 is 1.07 bits per heavy atom. The second-order valence-electron chi connectivity index (χ2n) is 18.8. The highest BCUT2D eigenvalue weighted by Crippen LogP contribution is 2.33. The summed E-state index contributed by atoms with van der Waals surface area (Å²) in [5, 5.41) is 23.0. The fourth-order valence-electron chi connectivity index (χ4n) is 8.34. The molecule has 0 bridgehead atoms. The number of aromatic nitrogens is 14. The molecule has 0 radical (unpaired) electrons. The van der Waals surface area contributed by atoms with Crippen molar-refractivity contribution >= 4 is 33.0 Å². The van der Waals surface area contributed by atoms with E-state index in [0.29, 0.717) is 23.7 Å². The van der Waals surface area contributed by atoms with Crippen LogP contribution in [0.25, 0.3) is 55.8 Å². The normalized spacial score (nSPS) is 11.4. The molecule has 18 nitrogen and oxygen atoms in total. The summed E-state index contributed by atoms with van der Waals surface area (Å²) in [5.41, 5.74) is 12.9. The standard InChI is InChI=1S/C15H17N3O.C14H19N3O.2C13H14N4O/c1-4-11-8-18(9-16-11)14-6-5-12(10(2)3)13-7-17-19-15(13)14;1-5-14-15-9-17(16-14)12-7-6-11(10(2)3)8-13(12)18-4;1-8(2)10-4-5-12(13-11(10)6-15-18-13)17-7-14-9(3)16-17;1-8(2)10-4-5-11(13-12(10)15-7-18-13)17-6-14-9(3)16-17/h5-10H,4H2,1-3H3;6-10H,5H2,1-4H3;2*4-8H,1-3H3. The quantitative estimate of drug-likeness (QED) is 0.119. The molecule has 7 heterocycles. The third-order valence-electron chi connectivity index (χ3n) is 12.4. The van der Waals surface area contributed by atoms with Gasteiger partial charge < -0.3 is 22.8 Å². The first-order valence-corrected chi connectivity index (χ1v) is 24.7. The lowest BCUT2D eigenvalue weighted by molar-refractivity contribution is 0.411. The van der Waals surface area contributed by atoms with E-state index in [-0.39, 0.29) is 0 Å². The number of hydrogen-bond donors (Lipinski definition) is 0. The number of benzene rings is 4. The average Bonchev–Trinajstić information content (AvgIpc) is 4.25. The minimum absolute atomic E-state index is 0.407. The monoisotopic (exact) mass is 985 g/mol. The first-order chi connectivity index (χ1) is 35.2. The number of fused-ring (bicyclic) bond motifs is 3. The van der Waals surface area contributed by atoms with Gasteiger partial charge in [0.15, 0.2) is 29.0 Å². The van der Waals surface area contributed by atoms with Crippen molar-refractivity contribution in [3.05, 3.63) is 150 Å². The van der Waals surface area contributed by atoms with Crippen LogP contribution in [0.1, 0.15) is 138 Å². The molecule has 18 heteroatoms. The van der Waals surface area contributed by atoms with E-state index in [9.17, 15) is 0 Å². The van der Waals surface area contributed by atoms with Crippen LogP contribution in [0.2, 0.25) is 0 Å². The van der Waals surface area contributed by atoms with Crippen LogP contribution in [0.3, 0.4) is 0 Å². The van der Waals surface area contributed by atoms with Crippen LogP contribution in [0.5, 0.6) is 5.75 Å². The molecule has 11 aromatic rings. The van der Waals surface area contributed by atoms with Crippen molar-refractivity contribution in [1.29, 1.82) is 0 Å². The molecule has 378 valence electrons. The third kappa shape index (κ3) is 11.1. The van der Waals surface area contributed by atoms with Crippen molar-refractivity contribution in [3.8, 4) is 28.5 Å². The maximum Gasteiger partial charge on any atom is 0.192 e. The molecule has 0 fully saturated rings. The SMILES string of the molecule is CCc1cn(-c2ccc(C(C)C)c3cnoc23)cn1.CCc1ncn(-c2ccc(C(C)C)cc2OC)n1.Cc1ncn(-c2ccc(C(C)C)c3cnoc23)n1.Cc1ncn(-c2ccc(C(C)C)c3ncoc23)n1. The van der Waals surface area contributed by atoms with Crippen molar-refractivity contribution < 1.29 is 18.2 Å². The highest BCUT2D eigenvalue weighted by Gasteiger charge is 2.18. The Morgan fingerprint density at radius 1 is 0.534 bits per heavy atom. The number of rotatable bonds is 11. The fraction of sp³-hybridized carbons (Fsp3) is 0.345. The maximum absolute atomic E-state index is 5.50. The van der Waals surface area contributed by atoms with E-state index in [2.05, 4.69) is 149 Å². The van der Waals surface area contributed by atoms with Crippen LogP contribution >= 0.6 is 0 Å². The van der Waals surface area contributed by atoms with Crippen LogP contribution in [-0.2, 0) is 12.8 Å². The number of aryl methyl sites for hydroxylation is 4. The highest BCUT2D eigenvalue weighted by molar-refractivity contribution is 5.88. The summed E-state index contributed by atoms with van der Waals surface area (Å²) in [6.45, 7) is 25.1. The summed E-state index contributed by atoms with van der Waals surface area (Å²) in [4.78, 5) is 21.2. The summed E-state index contributed by atoms with van der Waals surface area (Å²) in [6, 6.07) is 18.6. The molecule has 0 aliphatic rings. The van der Waals surface area contributed by atoms with Gasteiger partial charge in [-0.2, -0.15) is 15.3 Å². The van der Waals surface area contributed by atoms with E-state index in [1.807, 2.05) is 56.1 Å². The van der Waals surface area contributed by atoms with Gasteiger partial charge in [-0.25, -0.2) is 39.0 Å². The minimum Gasteiger partial charge on any atom is -0.494 e. The summed E-state index contributed by atoms with van der Waals surface area (Å²) in [6.07, 6.45) is 15.7. The van der Waals surface area contributed by atoms with Gasteiger partial charge in [-0.3, -0.25) is 0 Å². The van der Waals surface area contributed by atoms with Crippen molar-refractivity contribution in [1.82, 2.24) is 69.1 Å². The van der Waals surface area contributed by atoms with Crippen LogP contribution in [0.15, 0.2) is 118 Å². The van der Waals surface area contributed by atoms with Crippen molar-refractivity contribution in [2.75, 3.05) is 7.11 Å². The van der Waals surface area contributed by atoms with E-state index in [0.717, 1.165) is 97.5 Å². The molecule has 0 saturated carbocycles. The molecule has 0 atom stereocenters. The number of methoxy groups -OCH3 is 1. The summed E-state index contributed by atoms with van der Waals surface area (Å²) in [5.74, 6) is 4.90. The summed E-state index contributed by atoms with van der Waals surface area (Å²) in [7, 11) is 1.68. The van der Waals surface area contributed by atoms with E-state index in [1.54, 1.807) is 52.5 Å². The van der Waals surface area contributed by atoms with E-state index in [1.165, 1.54) is 28.6 Å². The molecule has 0 spiro atoms. The molecule has 0 aliphatic carbocycles. The number of imidazole rings is 1. The van der Waals surface area contributed by atoms with Gasteiger partial charge in [0.1, 0.15) is 59.0 Å². The lowest BCUT2D eigenvalue weighted by Gasteiger charge is -2.12. The van der Waals surface area contributed by atoms with Crippen LogP contribution in [0, 0.1) is 13.8 Å². The minimum atomic E-state index is 0.407. The summed E-state index contributed by atoms with van der Waals surface area (Å²) < 4.78 is 28.9. The van der Waals surface area contributed by atoms with E-state index in [4.69, 9.17) is 18.2 Å². The van der Waals surface area contributed by atoms with Gasteiger partial charge in [-0.15, -0.1) is 0 Å². The molecular weight excluding hydrogens is 921 g/mol. The van der Waals surface area contributed by atoms with Gasteiger partial charge in [0.25, 0.3) is 0 Å². The Kier molecular flexibility index (Phi) is 15.7. The topological polar surface area (TPSA) is 197 Å². The number of ether oxygens (including phenoxy) is 1. The van der Waals surface area contributed by atoms with Crippen molar-refractivity contribution in [2.45, 2.75) is 120 Å². The number of oxazole rings is 1. The van der Waals surface area contributed by atoms with Gasteiger partial charge in [-0.1, -0.05) is 104 Å². The van der Waals surface area contributed by atoms with Crippen molar-refractivity contribution in [3.63, 3.8) is 0 Å². The molecule has 0 saturated heterocycles. The summed E-state index contributed by atoms with van der Waals surface area (Å²) >= 11 is 0. The Balaban J connectivity index is 0.000000130. The van der Waals surface area contributed by atoms with Gasteiger partial charge in [0.05, 0.1) is 37.2 Å². The van der Waals surface area contributed by atoms with E-state index < -0.39 is 0 Å². The van der Waals surface area contributed by atoms with Gasteiger partial charge >= 0.3 is 0 Å². The van der Waals surface area contributed by atoms with Gasteiger partial charge in [0, 0.05) is 23.4 Å². The lowest BCUT2D eigenvalue weighted by Crippen LogP contribution is -2.01. The smallest absolute Gasteiger partial charge is 0.192 e. The van der Waals surface area contributed by atoms with Crippen LogP contribution in [-0.4, -0.2) is 76.3 Å².